The zero-order valence-corrected chi connectivity index (χ0v) is 14.7. The van der Waals surface area contributed by atoms with Gasteiger partial charge in [0.25, 0.3) is 17.5 Å². The first-order chi connectivity index (χ1) is 11.9. The maximum absolute atomic E-state index is 12.5. The molecule has 0 bridgehead atoms. The number of nitro benzene ring substituents is 1. The summed E-state index contributed by atoms with van der Waals surface area (Å²) in [6.45, 7) is 0. The van der Waals surface area contributed by atoms with Gasteiger partial charge in [-0.2, -0.15) is 0 Å². The summed E-state index contributed by atoms with van der Waals surface area (Å²) in [5, 5.41) is 12.2. The number of rotatable bonds is 3. The maximum Gasteiger partial charge on any atom is 0.282 e. The fourth-order valence-corrected chi connectivity index (χ4v) is 2.68. The number of hydrogen-bond donors (Lipinski definition) is 1. The molecule has 0 atom stereocenters. The zero-order valence-electron chi connectivity index (χ0n) is 12.4. The molecule has 0 spiro atoms. The van der Waals surface area contributed by atoms with Crippen LogP contribution in [-0.4, -0.2) is 16.7 Å². The molecule has 0 unspecified atom stereocenters. The molecular formula is C16H9BrClN3O4. The molecule has 1 saturated heterocycles. The number of nitrogens with zero attached hydrogens (tertiary/aromatic N) is 2. The van der Waals surface area contributed by atoms with E-state index in [0.29, 0.717) is 5.69 Å². The highest BCUT2D eigenvalue weighted by molar-refractivity contribution is 9.10. The molecular weight excluding hydrogens is 414 g/mol. The maximum atomic E-state index is 12.5. The first-order valence-corrected chi connectivity index (χ1v) is 8.10. The van der Waals surface area contributed by atoms with Gasteiger partial charge >= 0.3 is 0 Å². The van der Waals surface area contributed by atoms with Crippen molar-refractivity contribution in [2.24, 2.45) is 0 Å². The van der Waals surface area contributed by atoms with Crippen LogP contribution in [0.15, 0.2) is 52.5 Å². The Kier molecular flexibility index (Phi) is 4.56. The minimum atomic E-state index is -0.615. The number of amides is 2. The lowest BCUT2D eigenvalue weighted by atomic mass is 10.1. The van der Waals surface area contributed by atoms with Crippen LogP contribution in [0.1, 0.15) is 5.56 Å². The molecule has 9 heteroatoms. The topological polar surface area (TPSA) is 92.6 Å². The summed E-state index contributed by atoms with van der Waals surface area (Å²) in [4.78, 5) is 35.0. The fraction of sp³-hybridized carbons (Fsp3) is 0. The van der Waals surface area contributed by atoms with Crippen LogP contribution >= 0.6 is 27.5 Å². The van der Waals surface area contributed by atoms with Crippen LogP contribution in [0.2, 0.25) is 5.02 Å². The SMILES string of the molecule is O=C1NN(c2ccc(Br)cc2)C(=O)/C1=C\c1cc([N+](=O)[O-])ccc1Cl. The van der Waals surface area contributed by atoms with Gasteiger partial charge in [0.05, 0.1) is 10.6 Å². The second kappa shape index (κ2) is 6.66. The highest BCUT2D eigenvalue weighted by Gasteiger charge is 2.34. The minimum absolute atomic E-state index is 0.162. The van der Waals surface area contributed by atoms with Crippen LogP contribution in [0.4, 0.5) is 11.4 Å². The molecule has 2 aromatic rings. The Balaban J connectivity index is 1.98. The van der Waals surface area contributed by atoms with E-state index in [-0.39, 0.29) is 21.8 Å². The number of halogens is 2. The minimum Gasteiger partial charge on any atom is -0.267 e. The third kappa shape index (κ3) is 3.40. The number of nitrogens with one attached hydrogen (secondary N) is 1. The standard InChI is InChI=1S/C16H9BrClN3O4/c17-10-1-3-11(4-2-10)20-16(23)13(15(22)19-20)8-9-7-12(21(24)25)5-6-14(9)18/h1-8H,(H,19,22)/b13-8-. The number of hydrazine groups is 1. The van der Waals surface area contributed by atoms with Crippen LogP contribution in [0, 0.1) is 10.1 Å². The Labute approximate surface area is 155 Å². The summed E-state index contributed by atoms with van der Waals surface area (Å²) in [6.07, 6.45) is 1.24. The van der Waals surface area contributed by atoms with E-state index in [9.17, 15) is 19.7 Å². The number of non-ortho nitro benzene ring substituents is 1. The summed E-state index contributed by atoms with van der Waals surface area (Å²) >= 11 is 9.31. The van der Waals surface area contributed by atoms with Crippen LogP contribution in [-0.2, 0) is 9.59 Å². The summed E-state index contributed by atoms with van der Waals surface area (Å²) in [6, 6.07) is 10.6. The molecule has 0 aliphatic carbocycles. The molecule has 0 radical (unpaired) electrons. The Hall–Kier alpha value is -2.71. The fourth-order valence-electron chi connectivity index (χ4n) is 2.24. The Morgan fingerprint density at radius 3 is 2.48 bits per heavy atom. The smallest absolute Gasteiger partial charge is 0.267 e. The van der Waals surface area contributed by atoms with Crippen molar-refractivity contribution in [3.8, 4) is 0 Å². The number of benzene rings is 2. The van der Waals surface area contributed by atoms with Gasteiger partial charge in [-0.3, -0.25) is 25.1 Å². The summed E-state index contributed by atoms with van der Waals surface area (Å²) in [5.74, 6) is -1.19. The predicted octanol–water partition coefficient (Wildman–Crippen LogP) is 3.47. The molecule has 1 N–H and O–H groups in total. The highest BCUT2D eigenvalue weighted by atomic mass is 79.9. The average Bonchev–Trinajstić information content (AvgIpc) is 2.85. The second-order valence-electron chi connectivity index (χ2n) is 5.08. The quantitative estimate of drug-likeness (QED) is 0.355. The van der Waals surface area contributed by atoms with Crippen LogP contribution in [0.25, 0.3) is 6.08 Å². The molecule has 1 aliphatic heterocycles. The molecule has 1 heterocycles. The number of anilines is 1. The molecule has 126 valence electrons. The molecule has 0 aromatic heterocycles. The van der Waals surface area contributed by atoms with E-state index in [4.69, 9.17) is 11.6 Å². The average molecular weight is 423 g/mol. The Bertz CT molecular complexity index is 927. The lowest BCUT2D eigenvalue weighted by Crippen LogP contribution is -2.35. The number of nitro groups is 1. The molecule has 2 aromatic carbocycles. The van der Waals surface area contributed by atoms with E-state index < -0.39 is 16.7 Å². The normalized spacial score (nSPS) is 15.6. The monoisotopic (exact) mass is 421 g/mol. The van der Waals surface area contributed by atoms with Crippen LogP contribution < -0.4 is 10.4 Å². The number of carbonyl (C=O) groups is 2. The van der Waals surface area contributed by atoms with Crippen LogP contribution in [0.3, 0.4) is 0 Å². The van der Waals surface area contributed by atoms with Gasteiger partial charge in [0, 0.05) is 27.2 Å². The van der Waals surface area contributed by atoms with Gasteiger partial charge in [-0.05, 0) is 36.4 Å². The molecule has 3 rings (SSSR count). The van der Waals surface area contributed by atoms with Gasteiger partial charge in [0.2, 0.25) is 0 Å². The van der Waals surface area contributed by atoms with Gasteiger partial charge in [-0.25, -0.2) is 5.01 Å². The number of carbonyl (C=O) groups excluding carboxylic acids is 2. The van der Waals surface area contributed by atoms with Crippen molar-refractivity contribution in [1.29, 1.82) is 0 Å². The van der Waals surface area contributed by atoms with Crippen molar-refractivity contribution in [1.82, 2.24) is 5.43 Å². The summed E-state index contributed by atoms with van der Waals surface area (Å²) in [7, 11) is 0. The van der Waals surface area contributed by atoms with Crippen LogP contribution in [0.5, 0.6) is 0 Å². The number of hydrogen-bond acceptors (Lipinski definition) is 4. The molecule has 25 heavy (non-hydrogen) atoms. The van der Waals surface area contributed by atoms with E-state index in [1.807, 2.05) is 0 Å². The Morgan fingerprint density at radius 2 is 1.84 bits per heavy atom. The van der Waals surface area contributed by atoms with Crippen molar-refractivity contribution in [3.05, 3.63) is 73.2 Å². The Morgan fingerprint density at radius 1 is 1.16 bits per heavy atom. The second-order valence-corrected chi connectivity index (χ2v) is 6.40. The lowest BCUT2D eigenvalue weighted by molar-refractivity contribution is -0.384. The van der Waals surface area contributed by atoms with Gasteiger partial charge in [0.1, 0.15) is 5.57 Å². The summed E-state index contributed by atoms with van der Waals surface area (Å²) < 4.78 is 0.827. The third-order valence-corrected chi connectivity index (χ3v) is 4.34. The zero-order chi connectivity index (χ0) is 18.1. The van der Waals surface area contributed by atoms with Gasteiger partial charge < -0.3 is 0 Å². The van der Waals surface area contributed by atoms with E-state index in [0.717, 1.165) is 9.48 Å². The van der Waals surface area contributed by atoms with Crippen molar-refractivity contribution in [2.75, 3.05) is 5.01 Å². The van der Waals surface area contributed by atoms with E-state index in [1.54, 1.807) is 24.3 Å². The third-order valence-electron chi connectivity index (χ3n) is 3.47. The molecule has 0 saturated carbocycles. The van der Waals surface area contributed by atoms with Gasteiger partial charge in [-0.15, -0.1) is 0 Å². The van der Waals surface area contributed by atoms with E-state index in [1.165, 1.54) is 24.3 Å². The largest absolute Gasteiger partial charge is 0.282 e. The molecule has 1 aliphatic rings. The van der Waals surface area contributed by atoms with Crippen molar-refractivity contribution in [2.45, 2.75) is 0 Å². The molecule has 2 amide bonds. The molecule has 7 nitrogen and oxygen atoms in total. The van der Waals surface area contributed by atoms with Crippen molar-refractivity contribution in [3.63, 3.8) is 0 Å². The molecule has 1 fully saturated rings. The van der Waals surface area contributed by atoms with Gasteiger partial charge in [-0.1, -0.05) is 27.5 Å². The van der Waals surface area contributed by atoms with Crippen molar-refractivity contribution < 1.29 is 14.5 Å². The van der Waals surface area contributed by atoms with Gasteiger partial charge in [0.15, 0.2) is 0 Å². The first-order valence-electron chi connectivity index (χ1n) is 6.93. The van der Waals surface area contributed by atoms with Crippen molar-refractivity contribution >= 4 is 56.8 Å². The highest BCUT2D eigenvalue weighted by Crippen LogP contribution is 2.27. The summed E-state index contributed by atoms with van der Waals surface area (Å²) in [5.41, 5.74) is 2.80. The van der Waals surface area contributed by atoms with E-state index in [2.05, 4.69) is 21.4 Å². The predicted molar refractivity (Wildman–Crippen MR) is 95.9 cm³/mol. The van der Waals surface area contributed by atoms with E-state index >= 15 is 0 Å². The first kappa shape index (κ1) is 17.1. The lowest BCUT2D eigenvalue weighted by Gasteiger charge is -2.14.